The van der Waals surface area contributed by atoms with Crippen LogP contribution in [0.1, 0.15) is 32.8 Å². The van der Waals surface area contributed by atoms with Gasteiger partial charge in [0.2, 0.25) is 5.91 Å². The Labute approximate surface area is 164 Å². The summed E-state index contributed by atoms with van der Waals surface area (Å²) >= 11 is 0. The molecule has 1 aliphatic heterocycles. The van der Waals surface area contributed by atoms with Gasteiger partial charge in [-0.05, 0) is 29.5 Å². The molecule has 0 unspecified atom stereocenters. The fourth-order valence-electron chi connectivity index (χ4n) is 3.15. The topological polar surface area (TPSA) is 44.8 Å². The Balaban J connectivity index is 1.59. The van der Waals surface area contributed by atoms with Crippen LogP contribution in [0, 0.1) is 0 Å². The van der Waals surface area contributed by atoms with E-state index in [1.807, 2.05) is 0 Å². The van der Waals surface area contributed by atoms with Crippen LogP contribution in [0.15, 0.2) is 36.9 Å². The second-order valence-corrected chi connectivity index (χ2v) is 8.19. The summed E-state index contributed by atoms with van der Waals surface area (Å²) < 4.78 is 5.88. The molecule has 1 amide bonds. The number of carbonyl (C=O) groups excluding carboxylic acids is 1. The Hall–Kier alpha value is -1.85. The van der Waals surface area contributed by atoms with Crippen LogP contribution in [0.25, 0.3) is 0 Å². The zero-order valence-corrected chi connectivity index (χ0v) is 17.2. The van der Waals surface area contributed by atoms with E-state index in [9.17, 15) is 4.79 Å². The first-order chi connectivity index (χ1) is 12.9. The van der Waals surface area contributed by atoms with E-state index in [0.717, 1.165) is 51.5 Å². The minimum atomic E-state index is 0.0780. The first kappa shape index (κ1) is 21.5. The zero-order valence-electron chi connectivity index (χ0n) is 17.2. The van der Waals surface area contributed by atoms with Gasteiger partial charge >= 0.3 is 0 Å². The quantitative estimate of drug-likeness (QED) is 0.534. The van der Waals surface area contributed by atoms with Crippen LogP contribution in [0.5, 0.6) is 5.75 Å². The minimum Gasteiger partial charge on any atom is -0.494 e. The van der Waals surface area contributed by atoms with Gasteiger partial charge in [0.25, 0.3) is 0 Å². The highest BCUT2D eigenvalue weighted by Crippen LogP contribution is 2.24. The summed E-state index contributed by atoms with van der Waals surface area (Å²) in [7, 11) is 0. The molecule has 0 atom stereocenters. The Bertz CT molecular complexity index is 585. The van der Waals surface area contributed by atoms with Gasteiger partial charge in [-0.15, -0.1) is 6.58 Å². The summed E-state index contributed by atoms with van der Waals surface area (Å²) in [6.45, 7) is 17.0. The van der Waals surface area contributed by atoms with Crippen LogP contribution >= 0.6 is 0 Å². The largest absolute Gasteiger partial charge is 0.494 e. The van der Waals surface area contributed by atoms with Crippen LogP contribution in [0.4, 0.5) is 0 Å². The molecule has 1 fully saturated rings. The molecule has 1 saturated heterocycles. The third-order valence-corrected chi connectivity index (χ3v) is 4.88. The van der Waals surface area contributed by atoms with Crippen molar-refractivity contribution in [3.8, 4) is 5.75 Å². The van der Waals surface area contributed by atoms with E-state index < -0.39 is 0 Å². The summed E-state index contributed by atoms with van der Waals surface area (Å²) in [6.07, 6.45) is 2.72. The highest BCUT2D eigenvalue weighted by molar-refractivity contribution is 5.78. The highest BCUT2D eigenvalue weighted by Gasteiger charge is 2.18. The highest BCUT2D eigenvalue weighted by atomic mass is 16.5. The second-order valence-electron chi connectivity index (χ2n) is 8.19. The normalized spacial score (nSPS) is 16.1. The lowest BCUT2D eigenvalue weighted by molar-refractivity contribution is -0.122. The fraction of sp³-hybridized carbons (Fsp3) is 0.591. The standard InChI is InChI=1S/C22H35N3O2/c1-5-11-23-21(26)18-25-15-13-24(14-16-25)12-6-17-27-20-9-7-19(8-10-20)22(2,3)4/h5,7-10H,1,6,11-18H2,2-4H3,(H,23,26). The van der Waals surface area contributed by atoms with Crippen LogP contribution in [-0.2, 0) is 10.2 Å². The predicted molar refractivity (Wildman–Crippen MR) is 111 cm³/mol. The molecule has 1 aromatic rings. The van der Waals surface area contributed by atoms with Crippen molar-refractivity contribution < 1.29 is 9.53 Å². The van der Waals surface area contributed by atoms with Gasteiger partial charge in [-0.1, -0.05) is 39.0 Å². The van der Waals surface area contributed by atoms with Gasteiger partial charge in [0.15, 0.2) is 0 Å². The third kappa shape index (κ3) is 7.73. The Morgan fingerprint density at radius 3 is 2.37 bits per heavy atom. The summed E-state index contributed by atoms with van der Waals surface area (Å²) in [5, 5.41) is 2.83. The average molecular weight is 374 g/mol. The molecule has 5 heteroatoms. The molecule has 5 nitrogen and oxygen atoms in total. The maximum atomic E-state index is 11.7. The molecule has 0 aromatic heterocycles. The second kappa shape index (κ2) is 10.5. The van der Waals surface area contributed by atoms with E-state index in [1.54, 1.807) is 6.08 Å². The molecule has 1 heterocycles. The monoisotopic (exact) mass is 373 g/mol. The first-order valence-corrected chi connectivity index (χ1v) is 9.94. The molecule has 1 N–H and O–H groups in total. The van der Waals surface area contributed by atoms with Gasteiger partial charge in [0.05, 0.1) is 13.2 Å². The maximum absolute atomic E-state index is 11.7. The number of nitrogens with zero attached hydrogens (tertiary/aromatic N) is 2. The van der Waals surface area contributed by atoms with E-state index in [-0.39, 0.29) is 11.3 Å². The minimum absolute atomic E-state index is 0.0780. The lowest BCUT2D eigenvalue weighted by Crippen LogP contribution is -2.49. The number of carbonyl (C=O) groups is 1. The lowest BCUT2D eigenvalue weighted by atomic mass is 9.87. The molecule has 0 bridgehead atoms. The van der Waals surface area contributed by atoms with E-state index >= 15 is 0 Å². The predicted octanol–water partition coefficient (Wildman–Crippen LogP) is 2.67. The number of piperazine rings is 1. The van der Waals surface area contributed by atoms with Crippen molar-refractivity contribution in [1.82, 2.24) is 15.1 Å². The number of hydrogen-bond donors (Lipinski definition) is 1. The van der Waals surface area contributed by atoms with Crippen molar-refractivity contribution in [2.45, 2.75) is 32.6 Å². The molecule has 0 saturated carbocycles. The van der Waals surface area contributed by atoms with Gasteiger partial charge in [-0.25, -0.2) is 0 Å². The molecule has 1 aromatic carbocycles. The summed E-state index contributed by atoms with van der Waals surface area (Å²) in [5.41, 5.74) is 1.50. The van der Waals surface area contributed by atoms with Crippen LogP contribution in [-0.4, -0.2) is 68.1 Å². The lowest BCUT2D eigenvalue weighted by Gasteiger charge is -2.34. The molecular formula is C22H35N3O2. The number of hydrogen-bond acceptors (Lipinski definition) is 4. The number of amides is 1. The van der Waals surface area contributed by atoms with Crippen molar-refractivity contribution in [1.29, 1.82) is 0 Å². The summed E-state index contributed by atoms with van der Waals surface area (Å²) in [6, 6.07) is 8.44. The Morgan fingerprint density at radius 2 is 1.78 bits per heavy atom. The SMILES string of the molecule is C=CCNC(=O)CN1CCN(CCCOc2ccc(C(C)(C)C)cc2)CC1. The number of rotatable bonds is 9. The van der Waals surface area contributed by atoms with Crippen molar-refractivity contribution in [2.75, 3.05) is 52.4 Å². The third-order valence-electron chi connectivity index (χ3n) is 4.88. The van der Waals surface area contributed by atoms with Crippen molar-refractivity contribution in [2.24, 2.45) is 0 Å². The molecule has 2 rings (SSSR count). The number of benzene rings is 1. The summed E-state index contributed by atoms with van der Waals surface area (Å²) in [4.78, 5) is 16.4. The van der Waals surface area contributed by atoms with Crippen molar-refractivity contribution in [3.63, 3.8) is 0 Å². The molecular weight excluding hydrogens is 338 g/mol. The van der Waals surface area contributed by atoms with E-state index in [0.29, 0.717) is 13.1 Å². The first-order valence-electron chi connectivity index (χ1n) is 9.94. The van der Waals surface area contributed by atoms with E-state index in [4.69, 9.17) is 4.74 Å². The number of ether oxygens (including phenoxy) is 1. The smallest absolute Gasteiger partial charge is 0.234 e. The van der Waals surface area contributed by atoms with Gasteiger partial charge in [-0.2, -0.15) is 0 Å². The number of nitrogens with one attached hydrogen (secondary N) is 1. The zero-order chi connectivity index (χ0) is 19.7. The maximum Gasteiger partial charge on any atom is 0.234 e. The molecule has 27 heavy (non-hydrogen) atoms. The van der Waals surface area contributed by atoms with Crippen LogP contribution < -0.4 is 10.1 Å². The van der Waals surface area contributed by atoms with E-state index in [1.165, 1.54) is 5.56 Å². The molecule has 0 radical (unpaired) electrons. The van der Waals surface area contributed by atoms with Gasteiger partial charge in [-0.3, -0.25) is 9.69 Å². The van der Waals surface area contributed by atoms with Crippen LogP contribution in [0.3, 0.4) is 0 Å². The van der Waals surface area contributed by atoms with Crippen molar-refractivity contribution >= 4 is 5.91 Å². The summed E-state index contributed by atoms with van der Waals surface area (Å²) in [5.74, 6) is 1.02. The van der Waals surface area contributed by atoms with Crippen LogP contribution in [0.2, 0.25) is 0 Å². The van der Waals surface area contributed by atoms with Crippen molar-refractivity contribution in [3.05, 3.63) is 42.5 Å². The Morgan fingerprint density at radius 1 is 1.15 bits per heavy atom. The molecule has 1 aliphatic rings. The molecule has 0 spiro atoms. The average Bonchev–Trinajstić information content (AvgIpc) is 2.64. The van der Waals surface area contributed by atoms with E-state index in [2.05, 4.69) is 66.7 Å². The molecule has 0 aliphatic carbocycles. The Kier molecular flexibility index (Phi) is 8.32. The molecule has 150 valence electrons. The van der Waals surface area contributed by atoms with Gasteiger partial charge in [0, 0.05) is 39.3 Å². The fourth-order valence-corrected chi connectivity index (χ4v) is 3.15. The van der Waals surface area contributed by atoms with Gasteiger partial charge < -0.3 is 15.0 Å². The van der Waals surface area contributed by atoms with Gasteiger partial charge in [0.1, 0.15) is 5.75 Å².